The lowest BCUT2D eigenvalue weighted by molar-refractivity contribution is 1.18. The summed E-state index contributed by atoms with van der Waals surface area (Å²) in [6.07, 6.45) is 0. The van der Waals surface area contributed by atoms with E-state index in [0.717, 1.165) is 45.3 Å². The second kappa shape index (κ2) is 13.9. The van der Waals surface area contributed by atoms with E-state index in [1.54, 1.807) is 0 Å². The lowest BCUT2D eigenvalue weighted by Gasteiger charge is -2.31. The average molecular weight is 704 g/mol. The number of hydrogen-bond acceptors (Lipinski definition) is 2. The van der Waals surface area contributed by atoms with Gasteiger partial charge in [0.2, 0.25) is 0 Å². The number of fused-ring (bicyclic) bond motifs is 4. The van der Waals surface area contributed by atoms with Gasteiger partial charge in [0.25, 0.3) is 0 Å². The van der Waals surface area contributed by atoms with Crippen LogP contribution < -0.4 is 9.80 Å². The SMILES string of the molecule is c1ccc(-c2c(N(c3cccc(N(c4ccccc4)c4ccccc4)c3)c3ccc4c5ccccc5n(-c5ccccc5)c4c3)ccc3ccccc23)cc1. The van der Waals surface area contributed by atoms with Crippen LogP contribution in [-0.2, 0) is 0 Å². The summed E-state index contributed by atoms with van der Waals surface area (Å²) in [6.45, 7) is 0. The number of benzene rings is 9. The van der Waals surface area contributed by atoms with E-state index in [0.29, 0.717) is 0 Å². The molecule has 0 N–H and O–H groups in total. The van der Waals surface area contributed by atoms with E-state index in [9.17, 15) is 0 Å². The Morgan fingerprint density at radius 3 is 1.55 bits per heavy atom. The molecule has 10 aromatic rings. The highest BCUT2D eigenvalue weighted by molar-refractivity contribution is 6.11. The molecule has 0 bridgehead atoms. The Morgan fingerprint density at radius 1 is 0.309 bits per heavy atom. The topological polar surface area (TPSA) is 11.4 Å². The zero-order valence-electron chi connectivity index (χ0n) is 30.2. The third-order valence-electron chi connectivity index (χ3n) is 10.5. The normalized spacial score (nSPS) is 11.3. The number of nitrogens with zero attached hydrogens (tertiary/aromatic N) is 3. The van der Waals surface area contributed by atoms with Gasteiger partial charge in [0, 0.05) is 50.5 Å². The van der Waals surface area contributed by atoms with Crippen molar-refractivity contribution < 1.29 is 0 Å². The predicted octanol–water partition coefficient (Wildman–Crippen LogP) is 14.5. The minimum absolute atomic E-state index is 1.06. The molecule has 0 unspecified atom stereocenters. The predicted molar refractivity (Wildman–Crippen MR) is 233 cm³/mol. The molecule has 9 aromatic carbocycles. The summed E-state index contributed by atoms with van der Waals surface area (Å²) >= 11 is 0. The van der Waals surface area contributed by atoms with Crippen LogP contribution in [-0.4, -0.2) is 4.57 Å². The van der Waals surface area contributed by atoms with Crippen LogP contribution in [0.4, 0.5) is 34.1 Å². The molecule has 3 heteroatoms. The molecule has 3 nitrogen and oxygen atoms in total. The van der Waals surface area contributed by atoms with Crippen LogP contribution in [0.25, 0.3) is 49.4 Å². The molecule has 0 saturated carbocycles. The molecule has 0 amide bonds. The number of aromatic nitrogens is 1. The Morgan fingerprint density at radius 2 is 0.836 bits per heavy atom. The van der Waals surface area contributed by atoms with Gasteiger partial charge >= 0.3 is 0 Å². The summed E-state index contributed by atoms with van der Waals surface area (Å²) in [5.74, 6) is 0. The molecule has 0 fully saturated rings. The van der Waals surface area contributed by atoms with Gasteiger partial charge in [-0.1, -0.05) is 146 Å². The minimum Gasteiger partial charge on any atom is -0.310 e. The Bertz CT molecular complexity index is 2880. The molecule has 0 atom stereocenters. The molecule has 1 aromatic heterocycles. The Labute approximate surface area is 321 Å². The fourth-order valence-corrected chi connectivity index (χ4v) is 8.11. The maximum absolute atomic E-state index is 2.44. The standard InChI is InChI=1S/C52H37N3/c1-5-19-39(20-6-1)52-46-29-14-13-18-38(46)32-35-50(52)54(44-28-17-27-43(36-44)53(40-21-7-2-8-22-40)41-23-9-3-10-24-41)45-33-34-48-47-30-15-16-31-49(47)55(51(48)37-45)42-25-11-4-12-26-42/h1-37H. The van der Waals surface area contributed by atoms with E-state index in [4.69, 9.17) is 0 Å². The first-order valence-corrected chi connectivity index (χ1v) is 18.8. The van der Waals surface area contributed by atoms with Crippen molar-refractivity contribution in [2.75, 3.05) is 9.80 Å². The van der Waals surface area contributed by atoms with Gasteiger partial charge in [-0.05, 0) is 95.2 Å². The van der Waals surface area contributed by atoms with Crippen molar-refractivity contribution >= 4 is 66.7 Å². The second-order valence-corrected chi connectivity index (χ2v) is 13.8. The number of anilines is 6. The Balaban J connectivity index is 1.26. The van der Waals surface area contributed by atoms with Crippen molar-refractivity contribution in [3.63, 3.8) is 0 Å². The summed E-state index contributed by atoms with van der Waals surface area (Å²) in [4.78, 5) is 4.77. The molecule has 0 aliphatic carbocycles. The van der Waals surface area contributed by atoms with Gasteiger partial charge in [-0.3, -0.25) is 0 Å². The monoisotopic (exact) mass is 703 g/mol. The van der Waals surface area contributed by atoms with Crippen molar-refractivity contribution in [2.24, 2.45) is 0 Å². The first kappa shape index (κ1) is 32.3. The van der Waals surface area contributed by atoms with E-state index in [2.05, 4.69) is 239 Å². The molecular weight excluding hydrogens is 667 g/mol. The molecule has 1 heterocycles. The molecule has 0 radical (unpaired) electrons. The molecule has 260 valence electrons. The van der Waals surface area contributed by atoms with Crippen molar-refractivity contribution in [1.82, 2.24) is 4.57 Å². The van der Waals surface area contributed by atoms with Gasteiger partial charge in [-0.25, -0.2) is 0 Å². The zero-order chi connectivity index (χ0) is 36.6. The molecule has 10 rings (SSSR count). The van der Waals surface area contributed by atoms with Gasteiger partial charge in [0.05, 0.1) is 16.7 Å². The average Bonchev–Trinajstić information content (AvgIpc) is 3.59. The highest BCUT2D eigenvalue weighted by Gasteiger charge is 2.23. The largest absolute Gasteiger partial charge is 0.310 e. The van der Waals surface area contributed by atoms with Crippen LogP contribution in [0.1, 0.15) is 0 Å². The number of rotatable bonds is 8. The van der Waals surface area contributed by atoms with Crippen molar-refractivity contribution in [2.45, 2.75) is 0 Å². The molecule has 55 heavy (non-hydrogen) atoms. The van der Waals surface area contributed by atoms with E-state index >= 15 is 0 Å². The first-order chi connectivity index (χ1) is 27.3. The highest BCUT2D eigenvalue weighted by Crippen LogP contribution is 2.47. The fraction of sp³-hybridized carbons (Fsp3) is 0. The molecular formula is C52H37N3. The maximum Gasteiger partial charge on any atom is 0.0561 e. The molecule has 0 spiro atoms. The highest BCUT2D eigenvalue weighted by atomic mass is 15.2. The van der Waals surface area contributed by atoms with Gasteiger partial charge in [0.15, 0.2) is 0 Å². The van der Waals surface area contributed by atoms with Crippen molar-refractivity contribution in [1.29, 1.82) is 0 Å². The number of hydrogen-bond donors (Lipinski definition) is 0. The zero-order valence-corrected chi connectivity index (χ0v) is 30.2. The number of para-hydroxylation sites is 4. The van der Waals surface area contributed by atoms with Crippen LogP contribution in [0.2, 0.25) is 0 Å². The summed E-state index contributed by atoms with van der Waals surface area (Å²) in [5, 5.41) is 4.87. The quantitative estimate of drug-likeness (QED) is 0.156. The Hall–Kier alpha value is -7.36. The fourth-order valence-electron chi connectivity index (χ4n) is 8.11. The van der Waals surface area contributed by atoms with E-state index < -0.39 is 0 Å². The lowest BCUT2D eigenvalue weighted by Crippen LogP contribution is -2.14. The van der Waals surface area contributed by atoms with Gasteiger partial charge < -0.3 is 14.4 Å². The smallest absolute Gasteiger partial charge is 0.0561 e. The lowest BCUT2D eigenvalue weighted by atomic mass is 9.95. The molecule has 0 aliphatic rings. The van der Waals surface area contributed by atoms with Gasteiger partial charge in [0.1, 0.15) is 0 Å². The van der Waals surface area contributed by atoms with Crippen LogP contribution >= 0.6 is 0 Å². The third-order valence-corrected chi connectivity index (χ3v) is 10.5. The van der Waals surface area contributed by atoms with Gasteiger partial charge in [-0.2, -0.15) is 0 Å². The Kier molecular flexibility index (Phi) is 8.16. The van der Waals surface area contributed by atoms with Gasteiger partial charge in [-0.15, -0.1) is 0 Å². The van der Waals surface area contributed by atoms with E-state index in [-0.39, 0.29) is 0 Å². The van der Waals surface area contributed by atoms with E-state index in [1.165, 1.54) is 38.2 Å². The summed E-state index contributed by atoms with van der Waals surface area (Å²) in [5.41, 5.74) is 12.3. The second-order valence-electron chi connectivity index (χ2n) is 13.8. The molecule has 0 aliphatic heterocycles. The molecule has 0 saturated heterocycles. The summed E-state index contributed by atoms with van der Waals surface area (Å²) in [7, 11) is 0. The third kappa shape index (κ3) is 5.80. The minimum atomic E-state index is 1.06. The van der Waals surface area contributed by atoms with Crippen LogP contribution in [0, 0.1) is 0 Å². The van der Waals surface area contributed by atoms with Crippen LogP contribution in [0.5, 0.6) is 0 Å². The first-order valence-electron chi connectivity index (χ1n) is 18.8. The van der Waals surface area contributed by atoms with Crippen molar-refractivity contribution in [3.05, 3.63) is 224 Å². The van der Waals surface area contributed by atoms with E-state index in [1.807, 2.05) is 0 Å². The summed E-state index contributed by atoms with van der Waals surface area (Å²) < 4.78 is 2.40. The maximum atomic E-state index is 2.44. The van der Waals surface area contributed by atoms with Crippen molar-refractivity contribution in [3.8, 4) is 16.8 Å². The summed E-state index contributed by atoms with van der Waals surface area (Å²) in [6, 6.07) is 80.6. The van der Waals surface area contributed by atoms with Crippen LogP contribution in [0.15, 0.2) is 224 Å². The van der Waals surface area contributed by atoms with Crippen LogP contribution in [0.3, 0.4) is 0 Å².